The van der Waals surface area contributed by atoms with Gasteiger partial charge < -0.3 is 25.1 Å². The van der Waals surface area contributed by atoms with Crippen LogP contribution in [0.15, 0.2) is 97.6 Å². The summed E-state index contributed by atoms with van der Waals surface area (Å²) in [4.78, 5) is 9.30. The van der Waals surface area contributed by atoms with E-state index in [4.69, 9.17) is 0 Å². The van der Waals surface area contributed by atoms with Crippen molar-refractivity contribution < 1.29 is 47.8 Å². The zero-order valence-electron chi connectivity index (χ0n) is 40.3. The first-order valence-corrected chi connectivity index (χ1v) is 24.9. The monoisotopic (exact) mass is 1230 g/mol. The molecule has 0 spiro atoms. The van der Waals surface area contributed by atoms with Crippen LogP contribution in [0.25, 0.3) is 0 Å². The van der Waals surface area contributed by atoms with Gasteiger partial charge in [0.25, 0.3) is 0 Å². The van der Waals surface area contributed by atoms with Gasteiger partial charge in [-0.15, -0.1) is 13.3 Å². The van der Waals surface area contributed by atoms with Crippen LogP contribution in [0.1, 0.15) is 203 Å². The van der Waals surface area contributed by atoms with Crippen molar-refractivity contribution in [2.75, 3.05) is 19.6 Å². The standard InChI is InChI=1S/2C27H37N2.2Au.ClH.H2O/c2*1-18(2)22-11-9-12-23(19(3)4)26(22)28-15-16-29(17-28)27-24(20(5)6)13-10-14-25(27)21(7)8;;;;/h2*9-21H,1-8H3;;;1H;1H2/q2*-1;2*+1;;/p-1. The molecule has 0 atom stereocenters. The van der Waals surface area contributed by atoms with E-state index >= 15 is 0 Å². The number of hydrogen-bond donors (Lipinski definition) is 0. The zero-order valence-corrected chi connectivity index (χ0v) is 45.4. The van der Waals surface area contributed by atoms with Gasteiger partial charge >= 0.3 is 51.6 Å². The fraction of sp³-hybridized carbons (Fsp3) is 0.444. The molecule has 0 saturated carbocycles. The molecule has 2 heterocycles. The van der Waals surface area contributed by atoms with E-state index in [1.54, 1.807) is 20.0 Å². The van der Waals surface area contributed by atoms with E-state index in [0.29, 0.717) is 47.3 Å². The van der Waals surface area contributed by atoms with E-state index in [2.05, 4.69) is 251 Å². The molecule has 0 aromatic heterocycles. The summed E-state index contributed by atoms with van der Waals surface area (Å²) in [5.74, 6) is 3.84. The van der Waals surface area contributed by atoms with Crippen LogP contribution in [-0.2, 0) is 42.4 Å². The summed E-state index contributed by atoms with van der Waals surface area (Å²) in [5, 5.41) is 0. The van der Waals surface area contributed by atoms with Crippen molar-refractivity contribution in [2.45, 2.75) is 158 Å². The van der Waals surface area contributed by atoms with Crippen molar-refractivity contribution >= 4 is 31.9 Å². The van der Waals surface area contributed by atoms with E-state index in [9.17, 15) is 0 Å². The zero-order chi connectivity index (χ0) is 44.6. The van der Waals surface area contributed by atoms with Crippen molar-refractivity contribution in [3.63, 3.8) is 0 Å². The normalized spacial score (nSPS) is 13.5. The Morgan fingerprint density at radius 1 is 0.323 bits per heavy atom. The predicted molar refractivity (Wildman–Crippen MR) is 265 cm³/mol. The second-order valence-corrected chi connectivity index (χ2v) is 18.8. The molecule has 2 N–H and O–H groups in total. The molecule has 348 valence electrons. The molecule has 5 nitrogen and oxygen atoms in total. The molecule has 0 amide bonds. The second kappa shape index (κ2) is 25.1. The quantitative estimate of drug-likeness (QED) is 0.105. The minimum atomic E-state index is 0. The van der Waals surface area contributed by atoms with Crippen LogP contribution >= 0.6 is 9.19 Å². The molecule has 0 bridgehead atoms. The summed E-state index contributed by atoms with van der Waals surface area (Å²) in [6, 6.07) is 27.0. The number of halogens is 1. The summed E-state index contributed by atoms with van der Waals surface area (Å²) in [7, 11) is 4.58. The number of benzene rings is 4. The molecular formula is C54H76Au2ClN4O-. The second-order valence-electron chi connectivity index (χ2n) is 18.8. The van der Waals surface area contributed by atoms with Crippen LogP contribution in [0.4, 0.5) is 22.7 Å². The van der Waals surface area contributed by atoms with Crippen LogP contribution < -0.4 is 19.6 Å². The minimum absolute atomic E-state index is 0. The molecule has 0 saturated heterocycles. The molecule has 0 unspecified atom stereocenters. The predicted octanol–water partition coefficient (Wildman–Crippen LogP) is 16.1. The third-order valence-electron chi connectivity index (χ3n) is 11.7. The fourth-order valence-electron chi connectivity index (χ4n) is 8.48. The average Bonchev–Trinajstić information content (AvgIpc) is 3.91. The van der Waals surface area contributed by atoms with E-state index in [1.807, 2.05) is 0 Å². The molecule has 4 aromatic carbocycles. The van der Waals surface area contributed by atoms with Gasteiger partial charge in [0.15, 0.2) is 0 Å². The molecular weight excluding hydrogens is 1150 g/mol. The number of nitrogens with zero attached hydrogens (tertiary/aromatic N) is 4. The van der Waals surface area contributed by atoms with Crippen LogP contribution in [-0.4, -0.2) is 5.48 Å². The van der Waals surface area contributed by atoms with E-state index in [1.165, 1.54) is 67.3 Å². The van der Waals surface area contributed by atoms with Crippen LogP contribution in [0.5, 0.6) is 0 Å². The van der Waals surface area contributed by atoms with Gasteiger partial charge in [-0.25, -0.2) is 0 Å². The maximum absolute atomic E-state index is 4.58. The molecule has 0 aliphatic carbocycles. The number of para-hydroxylation sites is 4. The summed E-state index contributed by atoms with van der Waals surface area (Å²) < 4.78 is 0. The van der Waals surface area contributed by atoms with Crippen molar-refractivity contribution in [3.05, 3.63) is 155 Å². The third kappa shape index (κ3) is 12.8. The van der Waals surface area contributed by atoms with Gasteiger partial charge in [0.05, 0.1) is 0 Å². The van der Waals surface area contributed by atoms with Crippen molar-refractivity contribution in [3.8, 4) is 0 Å². The van der Waals surface area contributed by atoms with Gasteiger partial charge in [-0.2, -0.15) is 0 Å². The van der Waals surface area contributed by atoms with Crippen LogP contribution in [0.3, 0.4) is 0 Å². The molecule has 0 radical (unpaired) electrons. The number of anilines is 4. The Hall–Kier alpha value is -2.71. The number of hydrogen-bond acceptors (Lipinski definition) is 4. The Morgan fingerprint density at radius 3 is 0.565 bits per heavy atom. The first-order chi connectivity index (χ1) is 28.4. The van der Waals surface area contributed by atoms with Crippen LogP contribution in [0, 0.1) is 13.3 Å². The van der Waals surface area contributed by atoms with Crippen molar-refractivity contribution in [1.82, 2.24) is 0 Å². The third-order valence-corrected chi connectivity index (χ3v) is 11.7. The Kier molecular flexibility index (Phi) is 22.4. The van der Waals surface area contributed by atoms with Gasteiger partial charge in [0.1, 0.15) is 0 Å². The molecule has 8 heteroatoms. The van der Waals surface area contributed by atoms with Gasteiger partial charge in [-0.1, -0.05) is 184 Å². The van der Waals surface area contributed by atoms with Crippen LogP contribution in [0.2, 0.25) is 0 Å². The van der Waals surface area contributed by atoms with Gasteiger partial charge in [0, 0.05) is 22.7 Å². The van der Waals surface area contributed by atoms with Gasteiger partial charge in [0.2, 0.25) is 0 Å². The first kappa shape index (κ1) is 55.4. The van der Waals surface area contributed by atoms with E-state index < -0.39 is 0 Å². The topological polar surface area (TPSA) is 44.5 Å². The SMILES string of the molecule is CC(C)c1cccc(C(C)C)c1N1C=CN(c2c(C(C)C)cccc2C(C)C)[CH-]1.CC(C)c1cccc(C(C)C)c1N1C=CN(c2c(C(C)C)cccc2C(C)C)[CH-]1.O.[Au+].[Cl][Au]. The maximum atomic E-state index is 4.58. The Bertz CT molecular complexity index is 1670. The van der Waals surface area contributed by atoms with Crippen molar-refractivity contribution in [1.29, 1.82) is 0 Å². The fourth-order valence-corrected chi connectivity index (χ4v) is 8.48. The molecule has 2 aliphatic heterocycles. The summed E-state index contributed by atoms with van der Waals surface area (Å²) in [6.07, 6.45) is 8.87. The van der Waals surface area contributed by atoms with Crippen molar-refractivity contribution in [2.24, 2.45) is 0 Å². The first-order valence-electron chi connectivity index (χ1n) is 22.3. The molecule has 2 aliphatic rings. The number of rotatable bonds is 12. The summed E-state index contributed by atoms with van der Waals surface area (Å²) in [5.41, 5.74) is 16.6. The van der Waals surface area contributed by atoms with E-state index in [-0.39, 0.29) is 27.9 Å². The summed E-state index contributed by atoms with van der Waals surface area (Å²) in [6.45, 7) is 41.1. The van der Waals surface area contributed by atoms with Gasteiger partial charge in [-0.3, -0.25) is 0 Å². The average molecular weight is 1230 g/mol. The van der Waals surface area contributed by atoms with E-state index in [0.717, 1.165) is 0 Å². The Labute approximate surface area is 409 Å². The Morgan fingerprint density at radius 2 is 0.452 bits per heavy atom. The molecule has 0 fully saturated rings. The molecule has 62 heavy (non-hydrogen) atoms. The molecule has 4 aromatic rings. The summed E-state index contributed by atoms with van der Waals surface area (Å²) >= 11 is 1.75. The van der Waals surface area contributed by atoms with Gasteiger partial charge in [-0.05, 0) is 117 Å². The molecule has 6 rings (SSSR count). The Balaban J connectivity index is 0.000000398.